The molecular formula is C30H20N4. The summed E-state index contributed by atoms with van der Waals surface area (Å²) >= 11 is 0. The maximum atomic E-state index is 4.86. The topological polar surface area (TPSA) is 35.6 Å². The standard InChI is InChI=1S/C30H20N4/c1-3-9-21(10-4-1)26-19-32-29(20-31-26)34-28-14-8-7-13-23(28)24-15-16-27-25(30(24)34)17-18-33(27)22-11-5-2-6-12-22/h1-20H. The van der Waals surface area contributed by atoms with Crippen molar-refractivity contribution in [1.82, 2.24) is 19.1 Å². The molecule has 0 amide bonds. The smallest absolute Gasteiger partial charge is 0.156 e. The zero-order valence-corrected chi connectivity index (χ0v) is 18.3. The third kappa shape index (κ3) is 2.79. The first-order valence-corrected chi connectivity index (χ1v) is 11.3. The van der Waals surface area contributed by atoms with Crippen LogP contribution in [0.5, 0.6) is 0 Å². The molecule has 0 atom stereocenters. The lowest BCUT2D eigenvalue weighted by Crippen LogP contribution is -1.99. The van der Waals surface area contributed by atoms with Crippen LogP contribution in [0.3, 0.4) is 0 Å². The fraction of sp³-hybridized carbons (Fsp3) is 0. The van der Waals surface area contributed by atoms with Gasteiger partial charge in [0.2, 0.25) is 0 Å². The van der Waals surface area contributed by atoms with Crippen molar-refractivity contribution >= 4 is 32.7 Å². The van der Waals surface area contributed by atoms with Crippen molar-refractivity contribution in [2.45, 2.75) is 0 Å². The highest BCUT2D eigenvalue weighted by Gasteiger charge is 2.17. The van der Waals surface area contributed by atoms with Gasteiger partial charge in [-0.15, -0.1) is 0 Å². The van der Waals surface area contributed by atoms with Gasteiger partial charge < -0.3 is 4.57 Å². The Kier molecular flexibility index (Phi) is 4.11. The molecule has 3 aromatic heterocycles. The van der Waals surface area contributed by atoms with Gasteiger partial charge in [-0.2, -0.15) is 0 Å². The maximum absolute atomic E-state index is 4.86. The molecule has 0 aliphatic rings. The van der Waals surface area contributed by atoms with E-state index in [1.807, 2.05) is 36.7 Å². The predicted octanol–water partition coefficient (Wildman–Crippen LogP) is 7.18. The Bertz CT molecular complexity index is 1780. The van der Waals surface area contributed by atoms with E-state index in [1.54, 1.807) is 0 Å². The van der Waals surface area contributed by atoms with Crippen LogP contribution in [-0.4, -0.2) is 19.1 Å². The monoisotopic (exact) mass is 436 g/mol. The van der Waals surface area contributed by atoms with Gasteiger partial charge >= 0.3 is 0 Å². The highest BCUT2D eigenvalue weighted by molar-refractivity contribution is 6.18. The molecule has 4 heteroatoms. The van der Waals surface area contributed by atoms with Gasteiger partial charge in [0.15, 0.2) is 5.82 Å². The number of hydrogen-bond donors (Lipinski definition) is 0. The number of aromatic nitrogens is 4. The van der Waals surface area contributed by atoms with E-state index in [0.29, 0.717) is 0 Å². The first kappa shape index (κ1) is 18.8. The second-order valence-corrected chi connectivity index (χ2v) is 8.39. The largest absolute Gasteiger partial charge is 0.316 e. The number of hydrogen-bond acceptors (Lipinski definition) is 2. The maximum Gasteiger partial charge on any atom is 0.156 e. The lowest BCUT2D eigenvalue weighted by Gasteiger charge is -2.09. The minimum absolute atomic E-state index is 0.811. The Morgan fingerprint density at radius 3 is 2.09 bits per heavy atom. The fourth-order valence-electron chi connectivity index (χ4n) is 4.92. The van der Waals surface area contributed by atoms with Crippen LogP contribution in [0.4, 0.5) is 0 Å². The highest BCUT2D eigenvalue weighted by Crippen LogP contribution is 2.37. The van der Waals surface area contributed by atoms with E-state index in [4.69, 9.17) is 9.97 Å². The van der Waals surface area contributed by atoms with E-state index < -0.39 is 0 Å². The van der Waals surface area contributed by atoms with Crippen LogP contribution in [0.2, 0.25) is 0 Å². The number of fused-ring (bicyclic) bond motifs is 5. The summed E-state index contributed by atoms with van der Waals surface area (Å²) in [6.07, 6.45) is 5.88. The van der Waals surface area contributed by atoms with E-state index >= 15 is 0 Å². The molecule has 34 heavy (non-hydrogen) atoms. The van der Waals surface area contributed by atoms with E-state index in [2.05, 4.69) is 94.2 Å². The number of rotatable bonds is 3. The zero-order chi connectivity index (χ0) is 22.5. The van der Waals surface area contributed by atoms with Crippen molar-refractivity contribution in [3.05, 3.63) is 122 Å². The first-order chi connectivity index (χ1) is 16.9. The summed E-state index contributed by atoms with van der Waals surface area (Å²) in [4.78, 5) is 9.63. The quantitative estimate of drug-likeness (QED) is 0.294. The molecule has 0 radical (unpaired) electrons. The van der Waals surface area contributed by atoms with Crippen molar-refractivity contribution < 1.29 is 0 Å². The number of para-hydroxylation sites is 2. The zero-order valence-electron chi connectivity index (χ0n) is 18.3. The molecule has 0 saturated carbocycles. The molecular weight excluding hydrogens is 416 g/mol. The molecule has 4 aromatic carbocycles. The fourth-order valence-corrected chi connectivity index (χ4v) is 4.92. The highest BCUT2D eigenvalue weighted by atomic mass is 15.1. The van der Waals surface area contributed by atoms with Gasteiger partial charge in [0.05, 0.1) is 34.6 Å². The number of benzene rings is 4. The molecule has 3 heterocycles. The Morgan fingerprint density at radius 1 is 0.529 bits per heavy atom. The summed E-state index contributed by atoms with van der Waals surface area (Å²) in [6.45, 7) is 0. The van der Waals surface area contributed by atoms with E-state index in [-0.39, 0.29) is 0 Å². The Morgan fingerprint density at radius 2 is 1.29 bits per heavy atom. The molecule has 0 aliphatic carbocycles. The summed E-state index contributed by atoms with van der Waals surface area (Å²) in [7, 11) is 0. The van der Waals surface area contributed by atoms with Crippen LogP contribution in [0.1, 0.15) is 0 Å². The van der Waals surface area contributed by atoms with Crippen molar-refractivity contribution in [2.24, 2.45) is 0 Å². The molecule has 7 aromatic rings. The Balaban J connectivity index is 1.51. The van der Waals surface area contributed by atoms with Crippen LogP contribution >= 0.6 is 0 Å². The van der Waals surface area contributed by atoms with E-state index in [9.17, 15) is 0 Å². The van der Waals surface area contributed by atoms with Crippen molar-refractivity contribution in [3.63, 3.8) is 0 Å². The summed E-state index contributed by atoms with van der Waals surface area (Å²) in [5, 5.41) is 3.61. The second-order valence-electron chi connectivity index (χ2n) is 8.39. The average molecular weight is 437 g/mol. The summed E-state index contributed by atoms with van der Waals surface area (Å²) in [6, 6.07) is 35.8. The van der Waals surface area contributed by atoms with Gasteiger partial charge in [0.1, 0.15) is 0 Å². The Hall–Kier alpha value is -4.70. The molecule has 0 aliphatic heterocycles. The van der Waals surface area contributed by atoms with Gasteiger partial charge in [-0.1, -0.05) is 72.8 Å². The van der Waals surface area contributed by atoms with Gasteiger partial charge in [-0.25, -0.2) is 4.98 Å². The third-order valence-electron chi connectivity index (χ3n) is 6.47. The average Bonchev–Trinajstić information content (AvgIpc) is 3.49. The van der Waals surface area contributed by atoms with Crippen molar-refractivity contribution in [1.29, 1.82) is 0 Å². The lowest BCUT2D eigenvalue weighted by atomic mass is 10.1. The summed E-state index contributed by atoms with van der Waals surface area (Å²) in [5.41, 5.74) is 6.51. The predicted molar refractivity (Wildman–Crippen MR) is 139 cm³/mol. The van der Waals surface area contributed by atoms with Crippen LogP contribution in [-0.2, 0) is 0 Å². The minimum atomic E-state index is 0.811. The molecule has 0 N–H and O–H groups in total. The minimum Gasteiger partial charge on any atom is -0.316 e. The van der Waals surface area contributed by atoms with Crippen molar-refractivity contribution in [3.8, 4) is 22.8 Å². The van der Waals surface area contributed by atoms with Crippen LogP contribution < -0.4 is 0 Å². The molecule has 0 saturated heterocycles. The van der Waals surface area contributed by atoms with E-state index in [0.717, 1.165) is 39.3 Å². The summed E-state index contributed by atoms with van der Waals surface area (Å²) < 4.78 is 4.48. The molecule has 4 nitrogen and oxygen atoms in total. The molecule has 0 unspecified atom stereocenters. The van der Waals surface area contributed by atoms with Gasteiger partial charge in [0.25, 0.3) is 0 Å². The molecule has 0 bridgehead atoms. The van der Waals surface area contributed by atoms with Crippen molar-refractivity contribution in [2.75, 3.05) is 0 Å². The SMILES string of the molecule is c1ccc(-c2cnc(-n3c4ccccc4c4ccc5c(ccn5-c5ccccc5)c43)cn2)cc1. The molecule has 0 spiro atoms. The molecule has 0 fully saturated rings. The Labute approximate surface area is 196 Å². The van der Waals surface area contributed by atoms with E-state index in [1.165, 1.54) is 16.2 Å². The van der Waals surface area contributed by atoms with Gasteiger partial charge in [-0.05, 0) is 30.3 Å². The normalized spacial score (nSPS) is 11.5. The lowest BCUT2D eigenvalue weighted by molar-refractivity contribution is 1.05. The number of nitrogens with zero attached hydrogens (tertiary/aromatic N) is 4. The van der Waals surface area contributed by atoms with Crippen LogP contribution in [0.15, 0.2) is 122 Å². The van der Waals surface area contributed by atoms with Crippen LogP contribution in [0.25, 0.3) is 55.5 Å². The van der Waals surface area contributed by atoms with Gasteiger partial charge in [0, 0.05) is 33.6 Å². The molecule has 160 valence electrons. The second kappa shape index (κ2) is 7.42. The van der Waals surface area contributed by atoms with Crippen LogP contribution in [0, 0.1) is 0 Å². The van der Waals surface area contributed by atoms with Gasteiger partial charge in [-0.3, -0.25) is 9.55 Å². The molecule has 7 rings (SSSR count). The third-order valence-corrected chi connectivity index (χ3v) is 6.47. The first-order valence-electron chi connectivity index (χ1n) is 11.3. The summed E-state index contributed by atoms with van der Waals surface area (Å²) in [5.74, 6) is 0.811.